The summed E-state index contributed by atoms with van der Waals surface area (Å²) in [4.78, 5) is 12.5. The van der Waals surface area contributed by atoms with Crippen molar-refractivity contribution in [2.75, 3.05) is 0 Å². The summed E-state index contributed by atoms with van der Waals surface area (Å²) in [6.45, 7) is 7.10. The number of rotatable bonds is 2. The van der Waals surface area contributed by atoms with Crippen molar-refractivity contribution in [3.8, 4) is 0 Å². The van der Waals surface area contributed by atoms with Crippen molar-refractivity contribution >= 4 is 5.97 Å². The van der Waals surface area contributed by atoms with Gasteiger partial charge in [0.2, 0.25) is 0 Å². The van der Waals surface area contributed by atoms with Crippen molar-refractivity contribution in [3.63, 3.8) is 0 Å². The van der Waals surface area contributed by atoms with Crippen LogP contribution in [0.15, 0.2) is 0 Å². The molecule has 0 aromatic heterocycles. The summed E-state index contributed by atoms with van der Waals surface area (Å²) >= 11 is 0. The summed E-state index contributed by atoms with van der Waals surface area (Å²) in [5, 5.41) is 34.0. The van der Waals surface area contributed by atoms with Gasteiger partial charge in [0.1, 0.15) is 0 Å². The number of carboxylic acid groups (broad SMARTS) is 1. The van der Waals surface area contributed by atoms with E-state index >= 15 is 0 Å². The van der Waals surface area contributed by atoms with Crippen LogP contribution < -0.4 is 5.11 Å². The highest BCUT2D eigenvalue weighted by atomic mass is 16.4. The number of hydrogen-bond acceptors (Lipinski definition) is 4. The van der Waals surface area contributed by atoms with Crippen LogP contribution in [0.25, 0.3) is 0 Å². The lowest BCUT2D eigenvalue weighted by Gasteiger charge is -2.65. The van der Waals surface area contributed by atoms with Gasteiger partial charge in [-0.05, 0) is 86.4 Å². The second-order valence-corrected chi connectivity index (χ2v) is 10.6. The van der Waals surface area contributed by atoms with Crippen LogP contribution in [0, 0.1) is 40.4 Å². The topological polar surface area (TPSA) is 80.6 Å². The maximum Gasteiger partial charge on any atom is 0.0783 e. The van der Waals surface area contributed by atoms with Crippen molar-refractivity contribution < 1.29 is 20.1 Å². The van der Waals surface area contributed by atoms with E-state index in [0.717, 1.165) is 25.2 Å². The van der Waals surface area contributed by atoms with Gasteiger partial charge in [0.05, 0.1) is 17.7 Å². The Balaban J connectivity index is 1.71. The predicted octanol–water partition coefficient (Wildman–Crippen LogP) is 2.51. The van der Waals surface area contributed by atoms with Crippen molar-refractivity contribution in [3.05, 3.63) is 0 Å². The molecule has 0 radical (unpaired) electrons. The lowest BCUT2D eigenvalue weighted by molar-refractivity contribution is -0.347. The van der Waals surface area contributed by atoms with Crippen LogP contribution in [0.5, 0.6) is 0 Å². The Labute approximate surface area is 157 Å². The summed E-state index contributed by atoms with van der Waals surface area (Å²) in [7, 11) is 0. The molecule has 0 heterocycles. The molecule has 8 atom stereocenters. The molecule has 0 aromatic rings. The Morgan fingerprint density at radius 2 is 1.77 bits per heavy atom. The molecule has 2 N–H and O–H groups in total. The second-order valence-electron chi connectivity index (χ2n) is 10.6. The van der Waals surface area contributed by atoms with Crippen LogP contribution in [0.2, 0.25) is 0 Å². The van der Waals surface area contributed by atoms with E-state index in [-0.39, 0.29) is 12.3 Å². The van der Waals surface area contributed by atoms with E-state index in [9.17, 15) is 20.1 Å². The zero-order valence-electron chi connectivity index (χ0n) is 16.5. The molecule has 4 aliphatic rings. The fourth-order valence-electron chi connectivity index (χ4n) is 8.44. The number of carboxylic acids is 1. The monoisotopic (exact) mass is 363 g/mol. The van der Waals surface area contributed by atoms with E-state index in [2.05, 4.69) is 20.8 Å². The average Bonchev–Trinajstić information content (AvgIpc) is 2.91. The van der Waals surface area contributed by atoms with Gasteiger partial charge < -0.3 is 20.1 Å². The third kappa shape index (κ3) is 2.24. The van der Waals surface area contributed by atoms with Crippen LogP contribution >= 0.6 is 0 Å². The summed E-state index contributed by atoms with van der Waals surface area (Å²) in [5.41, 5.74) is -2.15. The molecule has 0 bridgehead atoms. The highest BCUT2D eigenvalue weighted by Crippen LogP contribution is 2.69. The minimum atomic E-state index is -1.30. The first kappa shape index (κ1) is 18.7. The van der Waals surface area contributed by atoms with Gasteiger partial charge in [-0.25, -0.2) is 0 Å². The van der Waals surface area contributed by atoms with Crippen molar-refractivity contribution in [1.82, 2.24) is 0 Å². The van der Waals surface area contributed by atoms with E-state index in [4.69, 9.17) is 0 Å². The summed E-state index contributed by atoms with van der Waals surface area (Å²) < 4.78 is 0. The Morgan fingerprint density at radius 3 is 2.42 bits per heavy atom. The van der Waals surface area contributed by atoms with Crippen molar-refractivity contribution in [2.24, 2.45) is 40.4 Å². The molecule has 4 saturated carbocycles. The molecule has 4 rings (SSSR count). The fourth-order valence-corrected chi connectivity index (χ4v) is 8.44. The van der Waals surface area contributed by atoms with E-state index < -0.39 is 23.1 Å². The van der Waals surface area contributed by atoms with Gasteiger partial charge in [-0.3, -0.25) is 0 Å². The van der Waals surface area contributed by atoms with Gasteiger partial charge in [0.15, 0.2) is 0 Å². The van der Waals surface area contributed by atoms with Gasteiger partial charge in [-0.2, -0.15) is 0 Å². The minimum Gasteiger partial charge on any atom is -0.549 e. The first-order valence-electron chi connectivity index (χ1n) is 10.8. The molecule has 0 unspecified atom stereocenters. The highest BCUT2D eigenvalue weighted by Gasteiger charge is 2.66. The van der Waals surface area contributed by atoms with Gasteiger partial charge >= 0.3 is 0 Å². The number of aliphatic hydroxyl groups is 2. The predicted molar refractivity (Wildman–Crippen MR) is 96.9 cm³/mol. The normalized spacial score (nSPS) is 53.7. The first-order chi connectivity index (χ1) is 12.2. The number of carbonyl (C=O) groups is 1. The van der Waals surface area contributed by atoms with E-state index in [1.165, 1.54) is 12.8 Å². The van der Waals surface area contributed by atoms with Gasteiger partial charge in [0.25, 0.3) is 0 Å². The molecule has 0 aromatic carbocycles. The molecule has 0 amide bonds. The van der Waals surface area contributed by atoms with Gasteiger partial charge in [-0.15, -0.1) is 0 Å². The molecular formula is C22H35O4-. The lowest BCUT2D eigenvalue weighted by Crippen LogP contribution is -2.69. The number of carbonyl (C=O) groups excluding carboxylic acids is 1. The molecule has 26 heavy (non-hydrogen) atoms. The largest absolute Gasteiger partial charge is 0.549 e. The van der Waals surface area contributed by atoms with Crippen LogP contribution in [0.3, 0.4) is 0 Å². The Morgan fingerprint density at radius 1 is 1.04 bits per heavy atom. The molecule has 0 spiro atoms. The fraction of sp³-hybridized carbons (Fsp3) is 0.955. The Kier molecular flexibility index (Phi) is 4.28. The van der Waals surface area contributed by atoms with Crippen LogP contribution in [-0.2, 0) is 4.79 Å². The molecule has 148 valence electrons. The van der Waals surface area contributed by atoms with Crippen molar-refractivity contribution in [2.45, 2.75) is 90.3 Å². The standard InChI is InChI=1S/C22H36O4/c1-13(2)16-4-5-17-15-7-10-21(26)12-14(23)6-11-22(21,19(24)25)18(15)8-9-20(16,17)3/h13-18,23,26H,4-12H2,1-3H3,(H,24,25)/p-1/t14-,15+,16+,17-,18-,20+,21-,22+/m0/s1. The van der Waals surface area contributed by atoms with E-state index in [1.54, 1.807) is 0 Å². The molecule has 0 saturated heterocycles. The number of aliphatic carboxylic acids is 1. The molecule has 4 nitrogen and oxygen atoms in total. The number of fused-ring (bicyclic) bond motifs is 5. The molecular weight excluding hydrogens is 328 g/mol. The lowest BCUT2D eigenvalue weighted by atomic mass is 9.42. The summed E-state index contributed by atoms with van der Waals surface area (Å²) in [6, 6.07) is 0. The Hall–Kier alpha value is -0.610. The smallest absolute Gasteiger partial charge is 0.0783 e. The van der Waals surface area contributed by atoms with E-state index in [0.29, 0.717) is 42.4 Å². The first-order valence-corrected chi connectivity index (χ1v) is 10.8. The van der Waals surface area contributed by atoms with Crippen LogP contribution in [0.1, 0.15) is 78.6 Å². The van der Waals surface area contributed by atoms with Gasteiger partial charge in [-0.1, -0.05) is 20.8 Å². The third-order valence-electron chi connectivity index (χ3n) is 9.48. The summed E-state index contributed by atoms with van der Waals surface area (Å²) in [6.07, 6.45) is 6.24. The SMILES string of the molecule is CC(C)[C@H]1CC[C@H]2[C@H]3CC[C@]4(O)C[C@@H](O)CC[C@]4(C(=O)[O-])[C@H]3CC[C@]12C. The number of hydrogen-bond donors (Lipinski definition) is 2. The zero-order chi connectivity index (χ0) is 18.9. The Bertz CT molecular complexity index is 589. The molecule has 4 heteroatoms. The maximum atomic E-state index is 12.5. The molecule has 0 aliphatic heterocycles. The van der Waals surface area contributed by atoms with Crippen molar-refractivity contribution in [1.29, 1.82) is 0 Å². The second kappa shape index (κ2) is 5.94. The van der Waals surface area contributed by atoms with Crippen LogP contribution in [-0.4, -0.2) is 27.9 Å². The quantitative estimate of drug-likeness (QED) is 0.790. The zero-order valence-corrected chi connectivity index (χ0v) is 16.5. The molecule has 4 aliphatic carbocycles. The highest BCUT2D eigenvalue weighted by molar-refractivity contribution is 5.75. The third-order valence-corrected chi connectivity index (χ3v) is 9.48. The number of aliphatic hydroxyl groups excluding tert-OH is 1. The minimum absolute atomic E-state index is 0.00253. The molecule has 4 fully saturated rings. The van der Waals surface area contributed by atoms with Crippen LogP contribution in [0.4, 0.5) is 0 Å². The van der Waals surface area contributed by atoms with Gasteiger partial charge in [0, 0.05) is 11.8 Å². The summed E-state index contributed by atoms with van der Waals surface area (Å²) in [5.74, 6) is 1.28. The maximum absolute atomic E-state index is 12.5. The van der Waals surface area contributed by atoms with E-state index in [1.807, 2.05) is 0 Å². The average molecular weight is 364 g/mol.